The molecule has 1 atom stereocenters. The predicted molar refractivity (Wildman–Crippen MR) is 70.4 cm³/mol. The minimum Gasteiger partial charge on any atom is -0.486 e. The summed E-state index contributed by atoms with van der Waals surface area (Å²) in [5.41, 5.74) is 0. The molecule has 1 aromatic rings. The topological polar surface area (TPSA) is 30.5 Å². The van der Waals surface area contributed by atoms with Crippen molar-refractivity contribution in [3.8, 4) is 5.75 Å². The van der Waals surface area contributed by atoms with Crippen molar-refractivity contribution in [2.24, 2.45) is 5.92 Å². The molecule has 0 spiro atoms. The Bertz CT molecular complexity index is 365. The number of halogens is 2. The molecule has 0 amide bonds. The van der Waals surface area contributed by atoms with Crippen molar-refractivity contribution < 1.29 is 18.3 Å². The molecule has 0 aliphatic heterocycles. The van der Waals surface area contributed by atoms with E-state index in [2.05, 4.69) is 19.2 Å². The van der Waals surface area contributed by atoms with Crippen LogP contribution in [0.4, 0.5) is 8.78 Å². The minimum absolute atomic E-state index is 0.172. The van der Waals surface area contributed by atoms with Crippen LogP contribution < -0.4 is 10.1 Å². The Morgan fingerprint density at radius 2 is 1.74 bits per heavy atom. The maximum absolute atomic E-state index is 13.1. The molecule has 1 unspecified atom stereocenters. The minimum atomic E-state index is -0.652. The summed E-state index contributed by atoms with van der Waals surface area (Å²) in [6.45, 7) is 5.96. The van der Waals surface area contributed by atoms with E-state index in [0.717, 1.165) is 24.7 Å². The molecule has 0 radical (unpaired) electrons. The van der Waals surface area contributed by atoms with Gasteiger partial charge in [-0.25, -0.2) is 8.78 Å². The number of rotatable bonds is 8. The van der Waals surface area contributed by atoms with Crippen molar-refractivity contribution in [3.63, 3.8) is 0 Å². The number of hydrogen-bond donors (Lipinski definition) is 1. The van der Waals surface area contributed by atoms with Gasteiger partial charge in [-0.1, -0.05) is 13.8 Å². The van der Waals surface area contributed by atoms with Gasteiger partial charge < -0.3 is 14.8 Å². The lowest BCUT2D eigenvalue weighted by Crippen LogP contribution is -2.36. The van der Waals surface area contributed by atoms with Crippen LogP contribution in [0.25, 0.3) is 0 Å². The smallest absolute Gasteiger partial charge is 0.134 e. The van der Waals surface area contributed by atoms with Crippen LogP contribution in [0.1, 0.15) is 13.8 Å². The zero-order valence-corrected chi connectivity index (χ0v) is 11.6. The molecule has 0 aliphatic carbocycles. The van der Waals surface area contributed by atoms with Crippen LogP contribution in [0.5, 0.6) is 5.75 Å². The van der Waals surface area contributed by atoms with E-state index >= 15 is 0 Å². The first-order chi connectivity index (χ1) is 9.01. The standard InChI is InChI=1S/C14H21F2NO2/c1-10(2)7-17-8-14(9-18-3)19-13-5-11(15)4-12(16)6-13/h4-6,10,14,17H,7-9H2,1-3H3. The molecule has 0 fully saturated rings. The van der Waals surface area contributed by atoms with Gasteiger partial charge in [0.25, 0.3) is 0 Å². The van der Waals surface area contributed by atoms with Crippen LogP contribution in [-0.4, -0.2) is 32.9 Å². The zero-order valence-electron chi connectivity index (χ0n) is 11.6. The fourth-order valence-electron chi connectivity index (χ4n) is 1.64. The van der Waals surface area contributed by atoms with Gasteiger partial charge in [-0.05, 0) is 12.5 Å². The van der Waals surface area contributed by atoms with Gasteiger partial charge in [-0.15, -0.1) is 0 Å². The maximum atomic E-state index is 13.1. The quantitative estimate of drug-likeness (QED) is 0.789. The van der Waals surface area contributed by atoms with Gasteiger partial charge in [-0.3, -0.25) is 0 Å². The highest BCUT2D eigenvalue weighted by atomic mass is 19.1. The van der Waals surface area contributed by atoms with Gasteiger partial charge >= 0.3 is 0 Å². The Labute approximate surface area is 112 Å². The summed E-state index contributed by atoms with van der Waals surface area (Å²) in [5, 5.41) is 3.23. The van der Waals surface area contributed by atoms with Crippen LogP contribution in [0, 0.1) is 17.6 Å². The lowest BCUT2D eigenvalue weighted by atomic mass is 10.2. The van der Waals surface area contributed by atoms with Crippen molar-refractivity contribution in [1.29, 1.82) is 0 Å². The molecule has 5 heteroatoms. The van der Waals surface area contributed by atoms with Gasteiger partial charge in [0.1, 0.15) is 23.5 Å². The Hall–Kier alpha value is -1.20. The van der Waals surface area contributed by atoms with Gasteiger partial charge in [0, 0.05) is 31.9 Å². The van der Waals surface area contributed by atoms with Crippen LogP contribution in [0.2, 0.25) is 0 Å². The van der Waals surface area contributed by atoms with Crippen LogP contribution in [0.3, 0.4) is 0 Å². The summed E-state index contributed by atoms with van der Waals surface area (Å²) in [5.74, 6) is -0.608. The summed E-state index contributed by atoms with van der Waals surface area (Å²) < 4.78 is 36.7. The SMILES string of the molecule is COCC(CNCC(C)C)Oc1cc(F)cc(F)c1. The normalized spacial score (nSPS) is 12.7. The van der Waals surface area contributed by atoms with Gasteiger partial charge in [0.2, 0.25) is 0 Å². The van der Waals surface area contributed by atoms with Crippen molar-refractivity contribution in [2.75, 3.05) is 26.8 Å². The maximum Gasteiger partial charge on any atom is 0.134 e. The second-order valence-corrected chi connectivity index (χ2v) is 4.85. The monoisotopic (exact) mass is 273 g/mol. The molecule has 0 bridgehead atoms. The van der Waals surface area contributed by atoms with Gasteiger partial charge in [-0.2, -0.15) is 0 Å². The first-order valence-corrected chi connectivity index (χ1v) is 6.33. The Morgan fingerprint density at radius 3 is 2.26 bits per heavy atom. The number of methoxy groups -OCH3 is 1. The third-order valence-electron chi connectivity index (χ3n) is 2.42. The summed E-state index contributed by atoms with van der Waals surface area (Å²) in [4.78, 5) is 0. The molecule has 0 aromatic heterocycles. The summed E-state index contributed by atoms with van der Waals surface area (Å²) in [6, 6.07) is 3.14. The Morgan fingerprint density at radius 1 is 1.11 bits per heavy atom. The van der Waals surface area contributed by atoms with E-state index in [0.29, 0.717) is 19.1 Å². The number of nitrogens with one attached hydrogen (secondary N) is 1. The highest BCUT2D eigenvalue weighted by molar-refractivity contribution is 5.24. The van der Waals surface area contributed by atoms with E-state index in [1.165, 1.54) is 0 Å². The summed E-state index contributed by atoms with van der Waals surface area (Å²) in [7, 11) is 1.56. The molecule has 1 N–H and O–H groups in total. The predicted octanol–water partition coefficient (Wildman–Crippen LogP) is 2.60. The first-order valence-electron chi connectivity index (χ1n) is 6.33. The van der Waals surface area contributed by atoms with Gasteiger partial charge in [0.05, 0.1) is 6.61 Å². The van der Waals surface area contributed by atoms with E-state index < -0.39 is 11.6 Å². The lowest BCUT2D eigenvalue weighted by molar-refractivity contribution is 0.0798. The molecular formula is C14H21F2NO2. The number of benzene rings is 1. The second kappa shape index (κ2) is 8.07. The number of ether oxygens (including phenoxy) is 2. The van der Waals surface area contributed by atoms with Crippen molar-refractivity contribution in [3.05, 3.63) is 29.8 Å². The molecule has 0 aliphatic rings. The van der Waals surface area contributed by atoms with E-state index in [1.54, 1.807) is 7.11 Å². The van der Waals surface area contributed by atoms with Crippen molar-refractivity contribution in [2.45, 2.75) is 20.0 Å². The molecule has 108 valence electrons. The van der Waals surface area contributed by atoms with E-state index in [9.17, 15) is 8.78 Å². The first kappa shape index (κ1) is 15.9. The largest absolute Gasteiger partial charge is 0.486 e. The van der Waals surface area contributed by atoms with E-state index in [1.807, 2.05) is 0 Å². The molecular weight excluding hydrogens is 252 g/mol. The van der Waals surface area contributed by atoms with Crippen molar-refractivity contribution in [1.82, 2.24) is 5.32 Å². The van der Waals surface area contributed by atoms with Crippen LogP contribution >= 0.6 is 0 Å². The van der Waals surface area contributed by atoms with Crippen LogP contribution in [0.15, 0.2) is 18.2 Å². The third kappa shape index (κ3) is 6.50. The molecule has 0 saturated carbocycles. The lowest BCUT2D eigenvalue weighted by Gasteiger charge is -2.19. The van der Waals surface area contributed by atoms with E-state index in [4.69, 9.17) is 9.47 Å². The van der Waals surface area contributed by atoms with Gasteiger partial charge in [0.15, 0.2) is 0 Å². The molecule has 0 heterocycles. The highest BCUT2D eigenvalue weighted by Crippen LogP contribution is 2.16. The van der Waals surface area contributed by atoms with E-state index in [-0.39, 0.29) is 11.9 Å². The summed E-state index contributed by atoms with van der Waals surface area (Å²) in [6.07, 6.45) is -0.287. The zero-order chi connectivity index (χ0) is 14.3. The third-order valence-corrected chi connectivity index (χ3v) is 2.42. The molecule has 1 rings (SSSR count). The Balaban J connectivity index is 2.56. The molecule has 0 saturated heterocycles. The molecule has 1 aromatic carbocycles. The average molecular weight is 273 g/mol. The Kier molecular flexibility index (Phi) is 6.73. The fraction of sp³-hybridized carbons (Fsp3) is 0.571. The fourth-order valence-corrected chi connectivity index (χ4v) is 1.64. The summed E-state index contributed by atoms with van der Waals surface area (Å²) >= 11 is 0. The number of hydrogen-bond acceptors (Lipinski definition) is 3. The average Bonchev–Trinajstić information content (AvgIpc) is 2.27. The highest BCUT2D eigenvalue weighted by Gasteiger charge is 2.12. The molecule has 3 nitrogen and oxygen atoms in total. The second-order valence-electron chi connectivity index (χ2n) is 4.85. The molecule has 19 heavy (non-hydrogen) atoms. The van der Waals surface area contributed by atoms with Crippen LogP contribution in [-0.2, 0) is 4.74 Å². The van der Waals surface area contributed by atoms with Crippen molar-refractivity contribution >= 4 is 0 Å².